The number of fused-ring (bicyclic) bond motifs is 2. The predicted molar refractivity (Wildman–Crippen MR) is 67.8 cm³/mol. The van der Waals surface area contributed by atoms with E-state index in [2.05, 4.69) is 45.1 Å². The van der Waals surface area contributed by atoms with Crippen molar-refractivity contribution in [3.8, 4) is 0 Å². The molecule has 3 aliphatic rings. The molecule has 0 amide bonds. The fraction of sp³-hybridized carbons (Fsp3) is 0.600. The monoisotopic (exact) mass is 215 g/mol. The summed E-state index contributed by atoms with van der Waals surface area (Å²) in [5.41, 5.74) is 9.71. The van der Waals surface area contributed by atoms with E-state index in [0.717, 1.165) is 0 Å². The van der Waals surface area contributed by atoms with E-state index in [1.807, 2.05) is 0 Å². The molecule has 0 heterocycles. The number of hydrogen-bond donors (Lipinski definition) is 1. The highest BCUT2D eigenvalue weighted by Crippen LogP contribution is 2.60. The molecule has 3 rings (SSSR count). The standard InChI is InChI=1S/C15H21N/c1-9-6-4-5-7-12-14(9)11(3)13-8-10(2)15(12,13)16/h4-7,9-11,13H,8,16H2,1-3H3/t9?,10-,11+,13?,15?/m1/s1. The second-order valence-corrected chi connectivity index (χ2v) is 5.87. The van der Waals surface area contributed by atoms with Crippen molar-refractivity contribution in [2.75, 3.05) is 0 Å². The fourth-order valence-corrected chi connectivity index (χ4v) is 4.16. The van der Waals surface area contributed by atoms with Gasteiger partial charge in [-0.3, -0.25) is 0 Å². The molecular formula is C15H21N. The smallest absolute Gasteiger partial charge is 0.0469 e. The van der Waals surface area contributed by atoms with Gasteiger partial charge in [0, 0.05) is 5.54 Å². The Balaban J connectivity index is 2.14. The van der Waals surface area contributed by atoms with Crippen LogP contribution in [0.3, 0.4) is 0 Å². The second-order valence-electron chi connectivity index (χ2n) is 5.87. The van der Waals surface area contributed by atoms with Crippen molar-refractivity contribution in [2.24, 2.45) is 29.4 Å². The summed E-state index contributed by atoms with van der Waals surface area (Å²) in [6.45, 7) is 6.97. The van der Waals surface area contributed by atoms with Crippen molar-refractivity contribution in [2.45, 2.75) is 32.7 Å². The third-order valence-electron chi connectivity index (χ3n) is 5.17. The van der Waals surface area contributed by atoms with E-state index in [1.165, 1.54) is 12.0 Å². The number of nitrogens with two attached hydrogens (primary N) is 1. The lowest BCUT2D eigenvalue weighted by Crippen LogP contribution is -2.61. The zero-order valence-electron chi connectivity index (χ0n) is 10.4. The van der Waals surface area contributed by atoms with Crippen LogP contribution < -0.4 is 5.73 Å². The van der Waals surface area contributed by atoms with Crippen molar-refractivity contribution >= 4 is 0 Å². The molecule has 1 fully saturated rings. The van der Waals surface area contributed by atoms with Crippen LogP contribution in [0.15, 0.2) is 35.5 Å². The summed E-state index contributed by atoms with van der Waals surface area (Å²) in [5.74, 6) is 2.55. The van der Waals surface area contributed by atoms with E-state index in [-0.39, 0.29) is 5.54 Å². The van der Waals surface area contributed by atoms with Crippen molar-refractivity contribution in [3.63, 3.8) is 0 Å². The molecule has 0 radical (unpaired) electrons. The Kier molecular flexibility index (Phi) is 2.00. The average molecular weight is 215 g/mol. The van der Waals surface area contributed by atoms with Gasteiger partial charge in [0.25, 0.3) is 0 Å². The normalized spacial score (nSPS) is 49.8. The minimum absolute atomic E-state index is 0.0223. The lowest BCUT2D eigenvalue weighted by molar-refractivity contribution is 0.0704. The fourth-order valence-electron chi connectivity index (χ4n) is 4.16. The first kappa shape index (κ1) is 10.3. The van der Waals surface area contributed by atoms with Gasteiger partial charge in [-0.05, 0) is 35.7 Å². The maximum atomic E-state index is 6.69. The Morgan fingerprint density at radius 1 is 1.25 bits per heavy atom. The molecule has 86 valence electrons. The van der Waals surface area contributed by atoms with Crippen LogP contribution in [-0.2, 0) is 0 Å². The first-order chi connectivity index (χ1) is 7.56. The minimum atomic E-state index is -0.0223. The van der Waals surface area contributed by atoms with Crippen molar-refractivity contribution < 1.29 is 0 Å². The lowest BCUT2D eigenvalue weighted by Gasteiger charge is -2.51. The van der Waals surface area contributed by atoms with Gasteiger partial charge >= 0.3 is 0 Å². The van der Waals surface area contributed by atoms with Crippen molar-refractivity contribution in [1.82, 2.24) is 0 Å². The van der Waals surface area contributed by atoms with E-state index < -0.39 is 0 Å². The van der Waals surface area contributed by atoms with E-state index in [0.29, 0.717) is 23.7 Å². The molecule has 3 unspecified atom stereocenters. The largest absolute Gasteiger partial charge is 0.321 e. The minimum Gasteiger partial charge on any atom is -0.321 e. The zero-order chi connectivity index (χ0) is 11.5. The first-order valence-electron chi connectivity index (χ1n) is 6.45. The summed E-state index contributed by atoms with van der Waals surface area (Å²) in [5, 5.41) is 0. The molecule has 0 bridgehead atoms. The van der Waals surface area contributed by atoms with E-state index in [1.54, 1.807) is 5.57 Å². The van der Waals surface area contributed by atoms with Crippen LogP contribution in [-0.4, -0.2) is 5.54 Å². The Labute approximate surface area is 98.1 Å². The summed E-state index contributed by atoms with van der Waals surface area (Å²) in [7, 11) is 0. The average Bonchev–Trinajstić information content (AvgIpc) is 2.42. The van der Waals surface area contributed by atoms with Crippen molar-refractivity contribution in [1.29, 1.82) is 0 Å². The highest BCUT2D eigenvalue weighted by Gasteiger charge is 2.59. The third kappa shape index (κ3) is 1.00. The number of allylic oxidation sites excluding steroid dienone is 4. The molecule has 16 heavy (non-hydrogen) atoms. The van der Waals surface area contributed by atoms with Gasteiger partial charge in [0.2, 0.25) is 0 Å². The topological polar surface area (TPSA) is 26.0 Å². The van der Waals surface area contributed by atoms with Crippen LogP contribution in [0, 0.1) is 23.7 Å². The second kappa shape index (κ2) is 3.10. The summed E-state index contributed by atoms with van der Waals surface area (Å²) in [6, 6.07) is 0. The Hall–Kier alpha value is -0.820. The third-order valence-corrected chi connectivity index (χ3v) is 5.17. The molecule has 0 aromatic carbocycles. The SMILES string of the molecule is CC1C=CC=CC2=C1[C@@H](C)C1C[C@@H](C)C21N. The van der Waals surface area contributed by atoms with Gasteiger partial charge in [-0.2, -0.15) is 0 Å². The lowest BCUT2D eigenvalue weighted by atomic mass is 9.57. The number of hydrogen-bond acceptors (Lipinski definition) is 1. The molecule has 1 saturated carbocycles. The maximum absolute atomic E-state index is 6.69. The van der Waals surface area contributed by atoms with E-state index in [4.69, 9.17) is 5.73 Å². The molecule has 0 aliphatic heterocycles. The Morgan fingerprint density at radius 2 is 2.00 bits per heavy atom. The Bertz CT molecular complexity index is 415. The molecule has 2 N–H and O–H groups in total. The van der Waals surface area contributed by atoms with Gasteiger partial charge in [0.15, 0.2) is 0 Å². The van der Waals surface area contributed by atoms with Gasteiger partial charge in [0.1, 0.15) is 0 Å². The summed E-state index contributed by atoms with van der Waals surface area (Å²) < 4.78 is 0. The molecule has 0 saturated heterocycles. The molecule has 0 spiro atoms. The van der Waals surface area contributed by atoms with Gasteiger partial charge in [0.05, 0.1) is 0 Å². The molecule has 5 atom stereocenters. The quantitative estimate of drug-likeness (QED) is 0.660. The highest BCUT2D eigenvalue weighted by atomic mass is 14.9. The van der Waals surface area contributed by atoms with Crippen LogP contribution in [0.2, 0.25) is 0 Å². The highest BCUT2D eigenvalue weighted by molar-refractivity contribution is 5.51. The van der Waals surface area contributed by atoms with Crippen LogP contribution in [0.4, 0.5) is 0 Å². The van der Waals surface area contributed by atoms with Gasteiger partial charge in [-0.15, -0.1) is 0 Å². The van der Waals surface area contributed by atoms with Gasteiger partial charge in [-0.25, -0.2) is 0 Å². The Morgan fingerprint density at radius 3 is 2.69 bits per heavy atom. The van der Waals surface area contributed by atoms with Crippen molar-refractivity contribution in [3.05, 3.63) is 35.5 Å². The summed E-state index contributed by atoms with van der Waals surface area (Å²) in [6.07, 6.45) is 10.2. The molecule has 1 heteroatoms. The first-order valence-corrected chi connectivity index (χ1v) is 6.45. The molecule has 0 aromatic rings. The van der Waals surface area contributed by atoms with Crippen LogP contribution in [0.1, 0.15) is 27.2 Å². The predicted octanol–water partition coefficient (Wildman–Crippen LogP) is 3.05. The van der Waals surface area contributed by atoms with Crippen LogP contribution >= 0.6 is 0 Å². The van der Waals surface area contributed by atoms with Gasteiger partial charge in [-0.1, -0.05) is 50.6 Å². The van der Waals surface area contributed by atoms with E-state index >= 15 is 0 Å². The molecule has 0 aromatic heterocycles. The summed E-state index contributed by atoms with van der Waals surface area (Å²) >= 11 is 0. The molecular weight excluding hydrogens is 194 g/mol. The number of rotatable bonds is 0. The zero-order valence-corrected chi connectivity index (χ0v) is 10.4. The van der Waals surface area contributed by atoms with Crippen LogP contribution in [0.5, 0.6) is 0 Å². The van der Waals surface area contributed by atoms with Gasteiger partial charge < -0.3 is 5.73 Å². The van der Waals surface area contributed by atoms with E-state index in [9.17, 15) is 0 Å². The summed E-state index contributed by atoms with van der Waals surface area (Å²) in [4.78, 5) is 0. The maximum Gasteiger partial charge on any atom is 0.0469 e. The van der Waals surface area contributed by atoms with Crippen LogP contribution in [0.25, 0.3) is 0 Å². The molecule has 1 nitrogen and oxygen atoms in total. The molecule has 3 aliphatic carbocycles.